The molecule has 1 aromatic rings. The Balaban J connectivity index is 2.93. The summed E-state index contributed by atoms with van der Waals surface area (Å²) in [7, 11) is 0. The van der Waals surface area contributed by atoms with Gasteiger partial charge in [0.1, 0.15) is 0 Å². The number of hydrogen-bond donors (Lipinski definition) is 1. The number of rotatable bonds is 5. The Morgan fingerprint density at radius 3 is 2.20 bits per heavy atom. The Morgan fingerprint density at radius 2 is 1.70 bits per heavy atom. The Hall–Kier alpha value is -1.09. The molecule has 0 radical (unpaired) electrons. The first-order valence-electron chi connectivity index (χ1n) is 7.57. The van der Waals surface area contributed by atoms with Crippen molar-refractivity contribution in [2.75, 3.05) is 5.32 Å². The number of nitrogens with zero attached hydrogens (tertiary/aromatic N) is 1. The summed E-state index contributed by atoms with van der Waals surface area (Å²) < 4.78 is 0. The van der Waals surface area contributed by atoms with Crippen LogP contribution < -0.4 is 5.32 Å². The molecule has 1 rings (SSSR count). The second-order valence-corrected chi connectivity index (χ2v) is 5.99. The SMILES string of the molecule is CCC(C)N(C(=S)Nc1cccc(C)c1C)C(C)CC. The van der Waals surface area contributed by atoms with Gasteiger partial charge in [0.15, 0.2) is 5.11 Å². The quantitative estimate of drug-likeness (QED) is 0.777. The van der Waals surface area contributed by atoms with Crippen molar-refractivity contribution in [1.82, 2.24) is 4.90 Å². The molecule has 2 unspecified atom stereocenters. The molecule has 0 bridgehead atoms. The van der Waals surface area contributed by atoms with Gasteiger partial charge in [0, 0.05) is 17.8 Å². The summed E-state index contributed by atoms with van der Waals surface area (Å²) in [4.78, 5) is 2.33. The predicted molar refractivity (Wildman–Crippen MR) is 93.5 cm³/mol. The van der Waals surface area contributed by atoms with Crippen LogP contribution in [-0.2, 0) is 0 Å². The van der Waals surface area contributed by atoms with Gasteiger partial charge in [-0.1, -0.05) is 26.0 Å². The summed E-state index contributed by atoms with van der Waals surface area (Å²) in [5, 5.41) is 4.27. The molecule has 0 aliphatic rings. The third-order valence-electron chi connectivity index (χ3n) is 4.21. The lowest BCUT2D eigenvalue weighted by molar-refractivity contribution is 0.254. The maximum absolute atomic E-state index is 5.66. The van der Waals surface area contributed by atoms with E-state index in [1.165, 1.54) is 11.1 Å². The van der Waals surface area contributed by atoms with Crippen molar-refractivity contribution in [1.29, 1.82) is 0 Å². The third-order valence-corrected chi connectivity index (χ3v) is 4.52. The zero-order valence-electron chi connectivity index (χ0n) is 13.7. The molecular weight excluding hydrogens is 264 g/mol. The van der Waals surface area contributed by atoms with Gasteiger partial charge in [-0.3, -0.25) is 0 Å². The zero-order valence-corrected chi connectivity index (χ0v) is 14.5. The van der Waals surface area contributed by atoms with Gasteiger partial charge in [-0.15, -0.1) is 0 Å². The average Bonchev–Trinajstić information content (AvgIpc) is 2.43. The Bertz CT molecular complexity index is 446. The topological polar surface area (TPSA) is 15.3 Å². The lowest BCUT2D eigenvalue weighted by Crippen LogP contribution is -2.46. The smallest absolute Gasteiger partial charge is 0.173 e. The van der Waals surface area contributed by atoms with Crippen LogP contribution in [0.15, 0.2) is 18.2 Å². The lowest BCUT2D eigenvalue weighted by atomic mass is 10.1. The molecule has 0 saturated heterocycles. The summed E-state index contributed by atoms with van der Waals surface area (Å²) in [5.74, 6) is 0. The molecule has 2 nitrogen and oxygen atoms in total. The van der Waals surface area contributed by atoms with Gasteiger partial charge in [-0.25, -0.2) is 0 Å². The van der Waals surface area contributed by atoms with Crippen LogP contribution in [0.5, 0.6) is 0 Å². The minimum atomic E-state index is 0.454. The molecule has 1 aromatic carbocycles. The summed E-state index contributed by atoms with van der Waals surface area (Å²) in [6, 6.07) is 7.21. The fourth-order valence-electron chi connectivity index (χ4n) is 2.29. The Kier molecular flexibility index (Phi) is 6.47. The highest BCUT2D eigenvalue weighted by atomic mass is 32.1. The second-order valence-electron chi connectivity index (χ2n) is 5.60. The molecule has 0 amide bonds. The maximum Gasteiger partial charge on any atom is 0.173 e. The van der Waals surface area contributed by atoms with E-state index in [0.717, 1.165) is 23.6 Å². The molecule has 0 saturated carbocycles. The summed E-state index contributed by atoms with van der Waals surface area (Å²) in [5.41, 5.74) is 3.67. The highest BCUT2D eigenvalue weighted by molar-refractivity contribution is 7.80. The molecule has 0 fully saturated rings. The fraction of sp³-hybridized carbons (Fsp3) is 0.588. The van der Waals surface area contributed by atoms with E-state index >= 15 is 0 Å². The van der Waals surface area contributed by atoms with Crippen molar-refractivity contribution >= 4 is 23.0 Å². The van der Waals surface area contributed by atoms with E-state index in [-0.39, 0.29) is 0 Å². The van der Waals surface area contributed by atoms with Crippen LogP contribution in [0.4, 0.5) is 5.69 Å². The van der Waals surface area contributed by atoms with E-state index in [0.29, 0.717) is 12.1 Å². The average molecular weight is 292 g/mol. The normalized spacial score (nSPS) is 13.7. The van der Waals surface area contributed by atoms with E-state index in [2.05, 4.69) is 70.0 Å². The van der Waals surface area contributed by atoms with Crippen LogP contribution in [0.3, 0.4) is 0 Å². The molecule has 20 heavy (non-hydrogen) atoms. The van der Waals surface area contributed by atoms with Crippen LogP contribution in [0.25, 0.3) is 0 Å². The fourth-order valence-corrected chi connectivity index (χ4v) is 2.76. The number of hydrogen-bond acceptors (Lipinski definition) is 1. The molecule has 0 aromatic heterocycles. The molecular formula is C17H28N2S. The van der Waals surface area contributed by atoms with Crippen molar-refractivity contribution < 1.29 is 0 Å². The minimum absolute atomic E-state index is 0.454. The summed E-state index contributed by atoms with van der Waals surface area (Å²) in [6.45, 7) is 13.2. The van der Waals surface area contributed by atoms with Crippen LogP contribution in [-0.4, -0.2) is 22.1 Å². The highest BCUT2D eigenvalue weighted by Gasteiger charge is 2.21. The van der Waals surface area contributed by atoms with Crippen LogP contribution in [0.2, 0.25) is 0 Å². The van der Waals surface area contributed by atoms with Gasteiger partial charge >= 0.3 is 0 Å². The number of thiocarbonyl (C=S) groups is 1. The molecule has 0 aliphatic heterocycles. The zero-order chi connectivity index (χ0) is 15.3. The van der Waals surface area contributed by atoms with Crippen molar-refractivity contribution in [2.24, 2.45) is 0 Å². The minimum Gasteiger partial charge on any atom is -0.344 e. The van der Waals surface area contributed by atoms with Gasteiger partial charge in [-0.2, -0.15) is 0 Å². The Morgan fingerprint density at radius 1 is 1.15 bits per heavy atom. The molecule has 3 heteroatoms. The van der Waals surface area contributed by atoms with Crippen molar-refractivity contribution in [3.63, 3.8) is 0 Å². The first kappa shape index (κ1) is 17.0. The van der Waals surface area contributed by atoms with Crippen LogP contribution >= 0.6 is 12.2 Å². The van der Waals surface area contributed by atoms with E-state index in [1.807, 2.05) is 0 Å². The summed E-state index contributed by atoms with van der Waals surface area (Å²) >= 11 is 5.66. The first-order chi connectivity index (χ1) is 9.42. The second kappa shape index (κ2) is 7.63. The van der Waals surface area contributed by atoms with Crippen molar-refractivity contribution in [3.8, 4) is 0 Å². The van der Waals surface area contributed by atoms with Gasteiger partial charge in [0.2, 0.25) is 0 Å². The van der Waals surface area contributed by atoms with Crippen LogP contribution in [0, 0.1) is 13.8 Å². The maximum atomic E-state index is 5.66. The highest BCUT2D eigenvalue weighted by Crippen LogP contribution is 2.20. The van der Waals surface area contributed by atoms with Crippen molar-refractivity contribution in [2.45, 2.75) is 66.5 Å². The van der Waals surface area contributed by atoms with Crippen molar-refractivity contribution in [3.05, 3.63) is 29.3 Å². The third kappa shape index (κ3) is 3.95. The molecule has 1 N–H and O–H groups in total. The van der Waals surface area contributed by atoms with Gasteiger partial charge in [0.05, 0.1) is 0 Å². The van der Waals surface area contributed by atoms with E-state index < -0.39 is 0 Å². The first-order valence-corrected chi connectivity index (χ1v) is 7.98. The molecule has 0 heterocycles. The largest absolute Gasteiger partial charge is 0.344 e. The van der Waals surface area contributed by atoms with Gasteiger partial charge in [0.25, 0.3) is 0 Å². The molecule has 112 valence electrons. The van der Waals surface area contributed by atoms with E-state index in [1.54, 1.807) is 0 Å². The summed E-state index contributed by atoms with van der Waals surface area (Å²) in [6.07, 6.45) is 2.19. The number of benzene rings is 1. The monoisotopic (exact) mass is 292 g/mol. The molecule has 0 aliphatic carbocycles. The standard InChI is InChI=1S/C17H28N2S/c1-7-13(4)19(14(5)8-2)17(20)18-16-11-9-10-12(3)15(16)6/h9-11,13-14H,7-8H2,1-6H3,(H,18,20). The number of aryl methyl sites for hydroxylation is 1. The molecule has 2 atom stereocenters. The number of nitrogens with one attached hydrogen (secondary N) is 1. The lowest BCUT2D eigenvalue weighted by Gasteiger charge is -2.36. The van der Waals surface area contributed by atoms with Gasteiger partial charge < -0.3 is 10.2 Å². The molecule has 0 spiro atoms. The number of anilines is 1. The van der Waals surface area contributed by atoms with E-state index in [9.17, 15) is 0 Å². The van der Waals surface area contributed by atoms with Crippen LogP contribution in [0.1, 0.15) is 51.7 Å². The van der Waals surface area contributed by atoms with E-state index in [4.69, 9.17) is 12.2 Å². The predicted octanol–water partition coefficient (Wildman–Crippen LogP) is 4.90. The van der Waals surface area contributed by atoms with Gasteiger partial charge in [-0.05, 0) is 69.9 Å². The Labute approximate surface area is 129 Å².